The van der Waals surface area contributed by atoms with Crippen LogP contribution in [0.25, 0.3) is 0 Å². The SMILES string of the molecule is Cc1cc(C(F)F)cc(C)c1C.Cc1cc(C(F)F)cc(C)c1C(=O)O.Cc1cc(C=O)cc(C)c1C. The number of aldehydes is 1. The van der Waals surface area contributed by atoms with E-state index in [0.717, 1.165) is 28.5 Å². The third-order valence-corrected chi connectivity index (χ3v) is 6.31. The molecule has 3 rings (SSSR count). The summed E-state index contributed by atoms with van der Waals surface area (Å²) in [6.45, 7) is 14.8. The third-order valence-electron chi connectivity index (χ3n) is 6.31. The summed E-state index contributed by atoms with van der Waals surface area (Å²) in [6, 6.07) is 9.34. The highest BCUT2D eigenvalue weighted by atomic mass is 19.3. The zero-order chi connectivity index (χ0) is 28.6. The van der Waals surface area contributed by atoms with Gasteiger partial charge in [-0.3, -0.25) is 4.79 Å². The van der Waals surface area contributed by atoms with Crippen molar-refractivity contribution in [3.05, 3.63) is 103 Å². The topological polar surface area (TPSA) is 54.4 Å². The molecule has 7 heteroatoms. The van der Waals surface area contributed by atoms with E-state index >= 15 is 0 Å². The van der Waals surface area contributed by atoms with Crippen LogP contribution in [0.1, 0.15) is 89.2 Å². The first-order chi connectivity index (χ1) is 17.1. The van der Waals surface area contributed by atoms with Crippen LogP contribution in [0.4, 0.5) is 17.6 Å². The van der Waals surface area contributed by atoms with E-state index in [0.29, 0.717) is 11.1 Å². The summed E-state index contributed by atoms with van der Waals surface area (Å²) >= 11 is 0. The van der Waals surface area contributed by atoms with Crippen LogP contribution >= 0.6 is 0 Å². The number of hydrogen-bond donors (Lipinski definition) is 1. The molecule has 0 atom stereocenters. The smallest absolute Gasteiger partial charge is 0.336 e. The van der Waals surface area contributed by atoms with Gasteiger partial charge in [-0.05, 0) is 124 Å². The van der Waals surface area contributed by atoms with Crippen LogP contribution in [0.3, 0.4) is 0 Å². The fraction of sp³-hybridized carbons (Fsp3) is 0.333. The quantitative estimate of drug-likeness (QED) is 0.277. The van der Waals surface area contributed by atoms with Crippen LogP contribution in [-0.4, -0.2) is 17.4 Å². The number of rotatable bonds is 4. The lowest BCUT2D eigenvalue weighted by atomic mass is 9.99. The summed E-state index contributed by atoms with van der Waals surface area (Å²) in [5.74, 6) is -1.08. The average Bonchev–Trinajstić information content (AvgIpc) is 2.80. The second-order valence-electron chi connectivity index (χ2n) is 9.11. The monoisotopic (exact) mass is 518 g/mol. The van der Waals surface area contributed by atoms with E-state index in [1.807, 2.05) is 46.8 Å². The maximum absolute atomic E-state index is 12.3. The van der Waals surface area contributed by atoms with Gasteiger partial charge in [-0.2, -0.15) is 0 Å². The minimum Gasteiger partial charge on any atom is -0.478 e. The first-order valence-corrected chi connectivity index (χ1v) is 11.6. The molecule has 0 bridgehead atoms. The molecule has 200 valence electrons. The minimum absolute atomic E-state index is 0.106. The van der Waals surface area contributed by atoms with Gasteiger partial charge in [-0.15, -0.1) is 0 Å². The summed E-state index contributed by atoms with van der Waals surface area (Å²) in [5.41, 5.74) is 8.21. The molecule has 0 saturated carbocycles. The normalized spacial score (nSPS) is 10.4. The van der Waals surface area contributed by atoms with E-state index in [1.54, 1.807) is 12.1 Å². The number of hydrogen-bond acceptors (Lipinski definition) is 2. The molecule has 37 heavy (non-hydrogen) atoms. The number of aromatic carboxylic acids is 1. The van der Waals surface area contributed by atoms with Crippen molar-refractivity contribution in [3.63, 3.8) is 0 Å². The highest BCUT2D eigenvalue weighted by molar-refractivity contribution is 5.91. The zero-order valence-electron chi connectivity index (χ0n) is 22.5. The fourth-order valence-corrected chi connectivity index (χ4v) is 3.79. The Morgan fingerprint density at radius 3 is 1.19 bits per heavy atom. The standard InChI is InChI=1S/C10H10F2O2.C10H12F2.C10H12O/c1-5-3-7(9(11)12)4-6(2)8(5)10(13)14;1-6-4-9(10(11)12)5-7(2)8(6)3;1-7-4-10(6-11)5-8(2)9(7)3/h3-4,9H,1-2H3,(H,13,14);4-5,10H,1-3H3;4-6H,1-3H3. The van der Waals surface area contributed by atoms with Crippen molar-refractivity contribution in [1.29, 1.82) is 0 Å². The van der Waals surface area contributed by atoms with Crippen molar-refractivity contribution in [2.75, 3.05) is 0 Å². The summed E-state index contributed by atoms with van der Waals surface area (Å²) in [7, 11) is 0. The minimum atomic E-state index is -2.56. The molecule has 0 unspecified atom stereocenters. The Labute approximate surface area is 216 Å². The van der Waals surface area contributed by atoms with Gasteiger partial charge in [-0.1, -0.05) is 12.1 Å². The Kier molecular flexibility index (Phi) is 11.7. The number of carbonyl (C=O) groups excluding carboxylic acids is 1. The lowest BCUT2D eigenvalue weighted by molar-refractivity contribution is 0.0694. The van der Waals surface area contributed by atoms with E-state index in [1.165, 1.54) is 42.7 Å². The molecule has 0 aromatic heterocycles. The predicted molar refractivity (Wildman–Crippen MR) is 139 cm³/mol. The Hall–Kier alpha value is -3.48. The van der Waals surface area contributed by atoms with Gasteiger partial charge in [0.25, 0.3) is 12.9 Å². The number of benzene rings is 3. The molecule has 3 aromatic carbocycles. The van der Waals surface area contributed by atoms with Crippen molar-refractivity contribution in [1.82, 2.24) is 0 Å². The van der Waals surface area contributed by atoms with E-state index in [4.69, 9.17) is 5.11 Å². The van der Waals surface area contributed by atoms with Crippen LogP contribution in [0.2, 0.25) is 0 Å². The zero-order valence-corrected chi connectivity index (χ0v) is 22.5. The lowest BCUT2D eigenvalue weighted by Crippen LogP contribution is -2.04. The second kappa shape index (κ2) is 13.7. The van der Waals surface area contributed by atoms with E-state index < -0.39 is 18.8 Å². The summed E-state index contributed by atoms with van der Waals surface area (Å²) in [4.78, 5) is 21.2. The third kappa shape index (κ3) is 8.85. The Morgan fingerprint density at radius 1 is 0.622 bits per heavy atom. The van der Waals surface area contributed by atoms with Crippen LogP contribution < -0.4 is 0 Å². The molecular formula is C30H34F4O3. The molecule has 0 fully saturated rings. The molecule has 0 saturated heterocycles. The number of aryl methyl sites for hydroxylation is 6. The summed E-state index contributed by atoms with van der Waals surface area (Å²) in [5, 5.41) is 8.79. The molecular weight excluding hydrogens is 484 g/mol. The van der Waals surface area contributed by atoms with Crippen LogP contribution in [0.5, 0.6) is 0 Å². The van der Waals surface area contributed by atoms with Crippen molar-refractivity contribution in [2.24, 2.45) is 0 Å². The molecule has 0 aliphatic carbocycles. The van der Waals surface area contributed by atoms with Gasteiger partial charge in [-0.25, -0.2) is 22.4 Å². The van der Waals surface area contributed by atoms with E-state index in [9.17, 15) is 27.2 Å². The van der Waals surface area contributed by atoms with Gasteiger partial charge in [0.1, 0.15) is 6.29 Å². The van der Waals surface area contributed by atoms with E-state index in [-0.39, 0.29) is 16.7 Å². The number of halogens is 4. The van der Waals surface area contributed by atoms with Crippen molar-refractivity contribution in [2.45, 2.75) is 68.2 Å². The number of alkyl halides is 4. The highest BCUT2D eigenvalue weighted by Gasteiger charge is 2.15. The lowest BCUT2D eigenvalue weighted by Gasteiger charge is -2.08. The number of carbonyl (C=O) groups is 2. The fourth-order valence-electron chi connectivity index (χ4n) is 3.79. The Bertz CT molecular complexity index is 1190. The van der Waals surface area contributed by atoms with Gasteiger partial charge >= 0.3 is 5.97 Å². The molecule has 0 spiro atoms. The maximum atomic E-state index is 12.3. The van der Waals surface area contributed by atoms with Crippen LogP contribution in [0, 0.1) is 55.4 Å². The highest BCUT2D eigenvalue weighted by Crippen LogP contribution is 2.25. The van der Waals surface area contributed by atoms with Gasteiger partial charge in [0.05, 0.1) is 5.56 Å². The van der Waals surface area contributed by atoms with Gasteiger partial charge in [0.2, 0.25) is 0 Å². The molecule has 0 aliphatic heterocycles. The Balaban J connectivity index is 0.000000280. The molecule has 1 N–H and O–H groups in total. The molecule has 0 aliphatic rings. The molecule has 0 heterocycles. The van der Waals surface area contributed by atoms with Crippen molar-refractivity contribution in [3.8, 4) is 0 Å². The van der Waals surface area contributed by atoms with Crippen LogP contribution in [0.15, 0.2) is 36.4 Å². The molecule has 3 nitrogen and oxygen atoms in total. The largest absolute Gasteiger partial charge is 0.478 e. The summed E-state index contributed by atoms with van der Waals surface area (Å²) < 4.78 is 49.1. The molecule has 0 amide bonds. The number of carboxylic acid groups (broad SMARTS) is 1. The van der Waals surface area contributed by atoms with Gasteiger partial charge in [0, 0.05) is 16.7 Å². The summed E-state index contributed by atoms with van der Waals surface area (Å²) in [6.07, 6.45) is -4.03. The maximum Gasteiger partial charge on any atom is 0.336 e. The van der Waals surface area contributed by atoms with Crippen LogP contribution in [-0.2, 0) is 0 Å². The molecule has 0 radical (unpaired) electrons. The number of carboxylic acids is 1. The second-order valence-corrected chi connectivity index (χ2v) is 9.11. The van der Waals surface area contributed by atoms with Crippen molar-refractivity contribution >= 4 is 12.3 Å². The first-order valence-electron chi connectivity index (χ1n) is 11.6. The Morgan fingerprint density at radius 2 is 0.919 bits per heavy atom. The van der Waals surface area contributed by atoms with Crippen molar-refractivity contribution < 1.29 is 32.3 Å². The average molecular weight is 519 g/mol. The van der Waals surface area contributed by atoms with Gasteiger partial charge < -0.3 is 5.11 Å². The molecule has 3 aromatic rings. The van der Waals surface area contributed by atoms with E-state index in [2.05, 4.69) is 6.92 Å². The van der Waals surface area contributed by atoms with Gasteiger partial charge in [0.15, 0.2) is 0 Å². The predicted octanol–water partition coefficient (Wildman–Crippen LogP) is 8.91. The first kappa shape index (κ1) is 31.5.